The zero-order valence-electron chi connectivity index (χ0n) is 15.3. The highest BCUT2D eigenvalue weighted by molar-refractivity contribution is 5.39. The number of fused-ring (bicyclic) bond motifs is 1. The molecule has 4 rings (SSSR count). The fourth-order valence-corrected chi connectivity index (χ4v) is 4.12. The van der Waals surface area contributed by atoms with Crippen molar-refractivity contribution in [3.05, 3.63) is 46.3 Å². The fraction of sp³-hybridized carbons (Fsp3) is 0.550. The summed E-state index contributed by atoms with van der Waals surface area (Å²) in [5.41, 5.74) is 6.25. The molecule has 0 saturated carbocycles. The van der Waals surface area contributed by atoms with E-state index in [4.69, 9.17) is 9.47 Å². The summed E-state index contributed by atoms with van der Waals surface area (Å²) in [6.45, 7) is 7.72. The van der Waals surface area contributed by atoms with Gasteiger partial charge in [-0.2, -0.15) is 5.10 Å². The number of benzene rings is 1. The summed E-state index contributed by atoms with van der Waals surface area (Å²) in [5, 5.41) is 8.19. The van der Waals surface area contributed by atoms with Gasteiger partial charge >= 0.3 is 0 Å². The maximum absolute atomic E-state index is 6.08. The van der Waals surface area contributed by atoms with E-state index in [1.54, 1.807) is 0 Å². The summed E-state index contributed by atoms with van der Waals surface area (Å²) in [7, 11) is 2.01. The molecule has 1 aromatic heterocycles. The summed E-state index contributed by atoms with van der Waals surface area (Å²) in [6, 6.07) is 6.53. The van der Waals surface area contributed by atoms with E-state index < -0.39 is 0 Å². The van der Waals surface area contributed by atoms with Crippen LogP contribution in [0.4, 0.5) is 0 Å². The van der Waals surface area contributed by atoms with Crippen LogP contribution in [-0.2, 0) is 24.8 Å². The molecule has 1 fully saturated rings. The van der Waals surface area contributed by atoms with Crippen molar-refractivity contribution in [1.82, 2.24) is 15.1 Å². The van der Waals surface area contributed by atoms with Gasteiger partial charge in [0.2, 0.25) is 0 Å². The van der Waals surface area contributed by atoms with Gasteiger partial charge in [0.05, 0.1) is 18.4 Å². The van der Waals surface area contributed by atoms with Crippen LogP contribution in [-0.4, -0.2) is 29.5 Å². The lowest BCUT2D eigenvalue weighted by Gasteiger charge is -2.20. The molecule has 25 heavy (non-hydrogen) atoms. The molecule has 0 radical (unpaired) electrons. The Balaban J connectivity index is 1.39. The van der Waals surface area contributed by atoms with E-state index in [9.17, 15) is 0 Å². The van der Waals surface area contributed by atoms with Crippen LogP contribution in [0.2, 0.25) is 0 Å². The molecule has 5 heteroatoms. The number of nitrogens with one attached hydrogen (secondary N) is 1. The van der Waals surface area contributed by atoms with Gasteiger partial charge in [-0.25, -0.2) is 0 Å². The Bertz CT molecular complexity index is 769. The molecule has 0 aliphatic carbocycles. The summed E-state index contributed by atoms with van der Waals surface area (Å²) < 4.78 is 13.6. The zero-order valence-corrected chi connectivity index (χ0v) is 15.3. The van der Waals surface area contributed by atoms with E-state index in [1.807, 2.05) is 11.7 Å². The predicted molar refractivity (Wildman–Crippen MR) is 96.8 cm³/mol. The first-order valence-electron chi connectivity index (χ1n) is 9.20. The molecule has 1 aromatic carbocycles. The largest absolute Gasteiger partial charge is 0.493 e. The molecule has 3 heterocycles. The number of nitrogens with zero attached hydrogens (tertiary/aromatic N) is 2. The average molecular weight is 341 g/mol. The average Bonchev–Trinajstić information content (AvgIpc) is 3.28. The number of hydrogen-bond donors (Lipinski definition) is 1. The first-order chi connectivity index (χ1) is 12.1. The number of hydrogen-bond acceptors (Lipinski definition) is 4. The van der Waals surface area contributed by atoms with E-state index in [0.29, 0.717) is 5.92 Å². The second-order valence-electron chi connectivity index (χ2n) is 7.22. The van der Waals surface area contributed by atoms with Gasteiger partial charge in [0.25, 0.3) is 0 Å². The Labute approximate surface area is 149 Å². The standard InChI is InChI=1S/C20H27N3O2/c1-13-19(14(2)23(3)22-13)20-17(7-9-25-20)12-21-11-15-4-5-18-16(10-15)6-8-24-18/h4-5,10,17,20-21H,6-9,11-12H2,1-3H3/t17-,20+/m1/s1. The minimum absolute atomic E-state index is 0.162. The minimum Gasteiger partial charge on any atom is -0.493 e. The van der Waals surface area contributed by atoms with Crippen molar-refractivity contribution in [2.45, 2.75) is 39.3 Å². The second kappa shape index (κ2) is 6.81. The smallest absolute Gasteiger partial charge is 0.122 e. The SMILES string of the molecule is Cc1nn(C)c(C)c1[C@H]1OCC[C@@H]1CNCc1ccc2c(c1)CCO2. The molecular formula is C20H27N3O2. The molecular weight excluding hydrogens is 314 g/mol. The van der Waals surface area contributed by atoms with Crippen LogP contribution in [0.3, 0.4) is 0 Å². The summed E-state index contributed by atoms with van der Waals surface area (Å²) in [4.78, 5) is 0. The van der Waals surface area contributed by atoms with Gasteiger partial charge < -0.3 is 14.8 Å². The third-order valence-electron chi connectivity index (χ3n) is 5.55. The highest BCUT2D eigenvalue weighted by Crippen LogP contribution is 2.37. The van der Waals surface area contributed by atoms with E-state index in [0.717, 1.165) is 50.6 Å². The lowest BCUT2D eigenvalue weighted by molar-refractivity contribution is 0.0893. The van der Waals surface area contributed by atoms with E-state index in [-0.39, 0.29) is 6.10 Å². The predicted octanol–water partition coefficient (Wildman–Crippen LogP) is 2.84. The lowest BCUT2D eigenvalue weighted by atomic mass is 9.94. The molecule has 0 amide bonds. The van der Waals surface area contributed by atoms with Crippen molar-refractivity contribution in [3.63, 3.8) is 0 Å². The van der Waals surface area contributed by atoms with Gasteiger partial charge in [-0.3, -0.25) is 4.68 Å². The topological polar surface area (TPSA) is 48.3 Å². The Morgan fingerprint density at radius 1 is 1.28 bits per heavy atom. The van der Waals surface area contributed by atoms with Crippen LogP contribution in [0.1, 0.15) is 40.6 Å². The van der Waals surface area contributed by atoms with Gasteiger partial charge in [-0.1, -0.05) is 12.1 Å². The molecule has 1 saturated heterocycles. The Morgan fingerprint density at radius 3 is 2.96 bits per heavy atom. The number of ether oxygens (including phenoxy) is 2. The summed E-state index contributed by atoms with van der Waals surface area (Å²) in [6.07, 6.45) is 2.29. The number of rotatable bonds is 5. The fourth-order valence-electron chi connectivity index (χ4n) is 4.12. The maximum atomic E-state index is 6.08. The molecule has 2 atom stereocenters. The summed E-state index contributed by atoms with van der Waals surface area (Å²) in [5.74, 6) is 1.55. The molecule has 1 N–H and O–H groups in total. The molecule has 2 aromatic rings. The summed E-state index contributed by atoms with van der Waals surface area (Å²) >= 11 is 0. The monoisotopic (exact) mass is 341 g/mol. The normalized spacial score (nSPS) is 22.2. The van der Waals surface area contributed by atoms with Gasteiger partial charge in [-0.15, -0.1) is 0 Å². The third kappa shape index (κ3) is 3.18. The highest BCUT2D eigenvalue weighted by Gasteiger charge is 2.33. The van der Waals surface area contributed by atoms with Crippen LogP contribution >= 0.6 is 0 Å². The van der Waals surface area contributed by atoms with E-state index in [1.165, 1.54) is 22.4 Å². The zero-order chi connectivity index (χ0) is 17.4. The minimum atomic E-state index is 0.162. The van der Waals surface area contributed by atoms with Crippen LogP contribution in [0.15, 0.2) is 18.2 Å². The van der Waals surface area contributed by atoms with Crippen LogP contribution < -0.4 is 10.1 Å². The van der Waals surface area contributed by atoms with E-state index >= 15 is 0 Å². The molecule has 5 nitrogen and oxygen atoms in total. The maximum Gasteiger partial charge on any atom is 0.122 e. The molecule has 2 aliphatic rings. The van der Waals surface area contributed by atoms with E-state index in [2.05, 4.69) is 42.5 Å². The quantitative estimate of drug-likeness (QED) is 0.908. The van der Waals surface area contributed by atoms with Crippen molar-refractivity contribution in [2.75, 3.05) is 19.8 Å². The Morgan fingerprint density at radius 2 is 2.16 bits per heavy atom. The van der Waals surface area contributed by atoms with Crippen molar-refractivity contribution in [1.29, 1.82) is 0 Å². The Hall–Kier alpha value is -1.85. The van der Waals surface area contributed by atoms with Crippen molar-refractivity contribution >= 4 is 0 Å². The Kier molecular flexibility index (Phi) is 4.52. The van der Waals surface area contributed by atoms with Crippen molar-refractivity contribution < 1.29 is 9.47 Å². The third-order valence-corrected chi connectivity index (χ3v) is 5.55. The number of aromatic nitrogens is 2. The number of aryl methyl sites for hydroxylation is 2. The van der Waals surface area contributed by atoms with Crippen molar-refractivity contribution in [3.8, 4) is 5.75 Å². The highest BCUT2D eigenvalue weighted by atomic mass is 16.5. The van der Waals surface area contributed by atoms with Crippen LogP contribution in [0, 0.1) is 19.8 Å². The van der Waals surface area contributed by atoms with Crippen LogP contribution in [0.5, 0.6) is 5.75 Å². The molecule has 0 bridgehead atoms. The molecule has 0 spiro atoms. The second-order valence-corrected chi connectivity index (χ2v) is 7.22. The molecule has 134 valence electrons. The van der Waals surface area contributed by atoms with Gasteiger partial charge in [0.1, 0.15) is 5.75 Å². The molecule has 2 aliphatic heterocycles. The van der Waals surface area contributed by atoms with Gasteiger partial charge in [0.15, 0.2) is 0 Å². The first-order valence-corrected chi connectivity index (χ1v) is 9.20. The lowest BCUT2D eigenvalue weighted by Crippen LogP contribution is -2.25. The first kappa shape index (κ1) is 16.6. The van der Waals surface area contributed by atoms with Crippen molar-refractivity contribution in [2.24, 2.45) is 13.0 Å². The molecule has 0 unspecified atom stereocenters. The van der Waals surface area contributed by atoms with Gasteiger partial charge in [0, 0.05) is 50.3 Å². The van der Waals surface area contributed by atoms with Crippen LogP contribution in [0.25, 0.3) is 0 Å². The van der Waals surface area contributed by atoms with Gasteiger partial charge in [-0.05, 0) is 37.5 Å².